The Morgan fingerprint density at radius 3 is 3.15 bits per heavy atom. The van der Waals surface area contributed by atoms with Crippen LogP contribution in [0.5, 0.6) is 0 Å². The van der Waals surface area contributed by atoms with Crippen LogP contribution < -0.4 is 5.32 Å². The summed E-state index contributed by atoms with van der Waals surface area (Å²) in [5.74, 6) is 0.577. The van der Waals surface area contributed by atoms with Gasteiger partial charge in [-0.25, -0.2) is 4.98 Å². The van der Waals surface area contributed by atoms with E-state index in [9.17, 15) is 0 Å². The van der Waals surface area contributed by atoms with E-state index in [0.717, 1.165) is 23.8 Å². The van der Waals surface area contributed by atoms with Gasteiger partial charge in [0.15, 0.2) is 0 Å². The Balaban J connectivity index is 1.91. The first-order valence-electron chi connectivity index (χ1n) is 7.41. The Morgan fingerprint density at radius 1 is 1.45 bits per heavy atom. The molecule has 1 N–H and O–H groups in total. The predicted molar refractivity (Wildman–Crippen MR) is 84.3 cm³/mol. The van der Waals surface area contributed by atoms with E-state index in [1.54, 1.807) is 0 Å². The SMILES string of the molecule is CCNCC1CCCc2sc(-c3cc(C)ccn3)nc21. The van der Waals surface area contributed by atoms with E-state index >= 15 is 0 Å². The lowest BCUT2D eigenvalue weighted by Gasteiger charge is -2.21. The number of thiazole rings is 1. The maximum Gasteiger partial charge on any atom is 0.142 e. The van der Waals surface area contributed by atoms with Gasteiger partial charge in [-0.2, -0.15) is 0 Å². The van der Waals surface area contributed by atoms with E-state index in [1.165, 1.54) is 35.4 Å². The monoisotopic (exact) mass is 287 g/mol. The highest BCUT2D eigenvalue weighted by Gasteiger charge is 2.24. The van der Waals surface area contributed by atoms with Crippen LogP contribution >= 0.6 is 11.3 Å². The molecule has 1 unspecified atom stereocenters. The smallest absolute Gasteiger partial charge is 0.142 e. The van der Waals surface area contributed by atoms with E-state index in [2.05, 4.69) is 30.2 Å². The van der Waals surface area contributed by atoms with Gasteiger partial charge in [-0.1, -0.05) is 6.92 Å². The topological polar surface area (TPSA) is 37.8 Å². The zero-order valence-corrected chi connectivity index (χ0v) is 13.0. The minimum atomic E-state index is 0.577. The van der Waals surface area contributed by atoms with Crippen LogP contribution in [0, 0.1) is 6.92 Å². The van der Waals surface area contributed by atoms with Gasteiger partial charge in [0, 0.05) is 23.5 Å². The first-order chi connectivity index (χ1) is 9.78. The summed E-state index contributed by atoms with van der Waals surface area (Å²) in [5, 5.41) is 4.55. The van der Waals surface area contributed by atoms with Gasteiger partial charge < -0.3 is 5.32 Å². The lowest BCUT2D eigenvalue weighted by atomic mass is 9.91. The van der Waals surface area contributed by atoms with E-state index in [4.69, 9.17) is 4.98 Å². The Bertz CT molecular complexity index is 591. The highest BCUT2D eigenvalue weighted by molar-refractivity contribution is 7.15. The molecule has 0 amide bonds. The third-order valence-corrected chi connectivity index (χ3v) is 5.00. The molecule has 2 aromatic rings. The van der Waals surface area contributed by atoms with Crippen LogP contribution in [0.1, 0.15) is 41.8 Å². The maximum absolute atomic E-state index is 4.91. The molecule has 3 rings (SSSR count). The second kappa shape index (κ2) is 6.02. The lowest BCUT2D eigenvalue weighted by Crippen LogP contribution is -2.23. The molecular weight excluding hydrogens is 266 g/mol. The summed E-state index contributed by atoms with van der Waals surface area (Å²) in [4.78, 5) is 10.9. The number of aryl methyl sites for hydroxylation is 2. The summed E-state index contributed by atoms with van der Waals surface area (Å²) in [6, 6.07) is 4.16. The van der Waals surface area contributed by atoms with Crippen molar-refractivity contribution in [3.8, 4) is 10.7 Å². The molecule has 2 heterocycles. The average Bonchev–Trinajstić information content (AvgIpc) is 2.89. The van der Waals surface area contributed by atoms with E-state index in [1.807, 2.05) is 23.6 Å². The molecule has 0 saturated carbocycles. The average molecular weight is 287 g/mol. The molecule has 0 saturated heterocycles. The van der Waals surface area contributed by atoms with Crippen LogP contribution in [0.3, 0.4) is 0 Å². The van der Waals surface area contributed by atoms with E-state index in [-0.39, 0.29) is 0 Å². The van der Waals surface area contributed by atoms with Crippen molar-refractivity contribution in [1.82, 2.24) is 15.3 Å². The van der Waals surface area contributed by atoms with Crippen LogP contribution in [0.15, 0.2) is 18.3 Å². The van der Waals surface area contributed by atoms with Gasteiger partial charge in [0.25, 0.3) is 0 Å². The fraction of sp³-hybridized carbons (Fsp3) is 0.500. The van der Waals surface area contributed by atoms with E-state index in [0.29, 0.717) is 5.92 Å². The highest BCUT2D eigenvalue weighted by Crippen LogP contribution is 2.37. The van der Waals surface area contributed by atoms with Crippen LogP contribution in [0.25, 0.3) is 10.7 Å². The van der Waals surface area contributed by atoms with Crippen LogP contribution in [0.2, 0.25) is 0 Å². The van der Waals surface area contributed by atoms with Gasteiger partial charge in [-0.05, 0) is 50.4 Å². The van der Waals surface area contributed by atoms with Gasteiger partial charge in [-0.15, -0.1) is 11.3 Å². The first kappa shape index (κ1) is 13.7. The normalized spacial score (nSPS) is 18.0. The Labute approximate surface area is 124 Å². The number of rotatable bonds is 4. The highest BCUT2D eigenvalue weighted by atomic mass is 32.1. The van der Waals surface area contributed by atoms with Crippen molar-refractivity contribution in [2.45, 2.75) is 39.0 Å². The molecular formula is C16H21N3S. The van der Waals surface area contributed by atoms with Crippen molar-refractivity contribution in [1.29, 1.82) is 0 Å². The Morgan fingerprint density at radius 2 is 2.35 bits per heavy atom. The molecule has 1 atom stereocenters. The number of hydrogen-bond donors (Lipinski definition) is 1. The van der Waals surface area contributed by atoms with E-state index < -0.39 is 0 Å². The summed E-state index contributed by atoms with van der Waals surface area (Å²) < 4.78 is 0. The summed E-state index contributed by atoms with van der Waals surface area (Å²) in [5.41, 5.74) is 3.58. The molecule has 0 aromatic carbocycles. The van der Waals surface area contributed by atoms with Crippen molar-refractivity contribution in [2.24, 2.45) is 0 Å². The maximum atomic E-state index is 4.91. The Kier molecular flexibility index (Phi) is 4.13. The number of nitrogens with zero attached hydrogens (tertiary/aromatic N) is 2. The summed E-state index contributed by atoms with van der Waals surface area (Å²) in [6.45, 7) is 6.34. The van der Waals surface area contributed by atoms with Gasteiger partial charge in [0.05, 0.1) is 11.4 Å². The van der Waals surface area contributed by atoms with Crippen molar-refractivity contribution in [3.05, 3.63) is 34.5 Å². The van der Waals surface area contributed by atoms with Crippen molar-refractivity contribution in [3.63, 3.8) is 0 Å². The fourth-order valence-corrected chi connectivity index (χ4v) is 3.94. The molecule has 1 aliphatic carbocycles. The summed E-state index contributed by atoms with van der Waals surface area (Å²) in [6.07, 6.45) is 5.60. The standard InChI is InChI=1S/C16H21N3S/c1-3-17-10-12-5-4-6-14-15(12)19-16(20-14)13-9-11(2)7-8-18-13/h7-9,12,17H,3-6,10H2,1-2H3. The third kappa shape index (κ3) is 2.76. The zero-order chi connectivity index (χ0) is 13.9. The number of hydrogen-bond acceptors (Lipinski definition) is 4. The molecule has 1 aliphatic rings. The summed E-state index contributed by atoms with van der Waals surface area (Å²) >= 11 is 1.83. The van der Waals surface area contributed by atoms with Gasteiger partial charge in [-0.3, -0.25) is 4.98 Å². The number of aromatic nitrogens is 2. The largest absolute Gasteiger partial charge is 0.316 e. The van der Waals surface area contributed by atoms with Crippen LogP contribution in [0.4, 0.5) is 0 Å². The predicted octanol–water partition coefficient (Wildman–Crippen LogP) is 3.54. The zero-order valence-electron chi connectivity index (χ0n) is 12.1. The number of pyridine rings is 1. The van der Waals surface area contributed by atoms with Gasteiger partial charge in [0.1, 0.15) is 5.01 Å². The quantitative estimate of drug-likeness (QED) is 0.934. The second-order valence-corrected chi connectivity index (χ2v) is 6.53. The second-order valence-electron chi connectivity index (χ2n) is 5.44. The molecule has 0 fully saturated rings. The molecule has 0 radical (unpaired) electrons. The lowest BCUT2D eigenvalue weighted by molar-refractivity contribution is 0.509. The minimum absolute atomic E-state index is 0.577. The number of fused-ring (bicyclic) bond motifs is 1. The molecule has 0 spiro atoms. The molecule has 2 aromatic heterocycles. The van der Waals surface area contributed by atoms with Crippen LogP contribution in [-0.4, -0.2) is 23.1 Å². The molecule has 20 heavy (non-hydrogen) atoms. The third-order valence-electron chi connectivity index (χ3n) is 3.85. The Hall–Kier alpha value is -1.26. The molecule has 3 nitrogen and oxygen atoms in total. The molecule has 4 heteroatoms. The molecule has 0 bridgehead atoms. The van der Waals surface area contributed by atoms with Crippen molar-refractivity contribution < 1.29 is 0 Å². The first-order valence-corrected chi connectivity index (χ1v) is 8.23. The van der Waals surface area contributed by atoms with Gasteiger partial charge >= 0.3 is 0 Å². The van der Waals surface area contributed by atoms with Crippen LogP contribution in [-0.2, 0) is 6.42 Å². The molecule has 0 aliphatic heterocycles. The van der Waals surface area contributed by atoms with Crippen molar-refractivity contribution >= 4 is 11.3 Å². The summed E-state index contributed by atoms with van der Waals surface area (Å²) in [7, 11) is 0. The number of likely N-dealkylation sites (N-methyl/N-ethyl adjacent to an activating group) is 1. The van der Waals surface area contributed by atoms with Crippen molar-refractivity contribution in [2.75, 3.05) is 13.1 Å². The minimum Gasteiger partial charge on any atom is -0.316 e. The number of nitrogens with one attached hydrogen (secondary N) is 1. The molecule has 106 valence electrons. The fourth-order valence-electron chi connectivity index (χ4n) is 2.79. The van der Waals surface area contributed by atoms with Gasteiger partial charge in [0.2, 0.25) is 0 Å².